The largest absolute Gasteiger partial charge is 0.341 e. The van der Waals surface area contributed by atoms with Crippen molar-refractivity contribution >= 4 is 15.9 Å². The minimum atomic E-state index is -3.38. The summed E-state index contributed by atoms with van der Waals surface area (Å²) < 4.78 is 68.3. The van der Waals surface area contributed by atoms with Crippen molar-refractivity contribution in [3.63, 3.8) is 0 Å². The summed E-state index contributed by atoms with van der Waals surface area (Å²) in [6.07, 6.45) is 2.84. The molecule has 3 atom stereocenters. The van der Waals surface area contributed by atoms with Gasteiger partial charge in [0.15, 0.2) is 0 Å². The third-order valence-electron chi connectivity index (χ3n) is 5.87. The van der Waals surface area contributed by atoms with Crippen LogP contribution in [0.25, 0.3) is 11.1 Å². The van der Waals surface area contributed by atoms with Crippen LogP contribution in [0.2, 0.25) is 0 Å². The molecule has 9 heteroatoms. The van der Waals surface area contributed by atoms with Gasteiger partial charge in [-0.1, -0.05) is 12.1 Å². The minimum Gasteiger partial charge on any atom is -0.341 e. The average Bonchev–Trinajstić information content (AvgIpc) is 3.48. The lowest BCUT2D eigenvalue weighted by Gasteiger charge is -2.33. The molecule has 5 nitrogen and oxygen atoms in total. The zero-order chi connectivity index (χ0) is 22.3. The van der Waals surface area contributed by atoms with E-state index in [1.807, 2.05) is 0 Å². The number of benzene rings is 2. The Morgan fingerprint density at radius 1 is 1.13 bits per heavy atom. The van der Waals surface area contributed by atoms with E-state index in [1.54, 1.807) is 4.90 Å². The summed E-state index contributed by atoms with van der Waals surface area (Å²) in [4.78, 5) is 14.7. The number of sulfonamides is 1. The minimum absolute atomic E-state index is 0.144. The summed E-state index contributed by atoms with van der Waals surface area (Å²) in [5.41, 5.74) is 0.420. The van der Waals surface area contributed by atoms with Crippen LogP contribution in [0.1, 0.15) is 30.7 Å². The molecule has 1 aliphatic heterocycles. The van der Waals surface area contributed by atoms with E-state index in [2.05, 4.69) is 4.72 Å². The molecule has 1 aliphatic carbocycles. The molecule has 31 heavy (non-hydrogen) atoms. The number of carbonyl (C=O) groups is 1. The van der Waals surface area contributed by atoms with Crippen LogP contribution in [0.5, 0.6) is 0 Å². The Labute approximate surface area is 179 Å². The number of likely N-dealkylation sites (tertiary alicyclic amines) is 1. The van der Waals surface area contributed by atoms with Crippen LogP contribution in [-0.2, 0) is 14.8 Å². The lowest BCUT2D eigenvalue weighted by Crippen LogP contribution is -2.49. The Balaban J connectivity index is 1.56. The van der Waals surface area contributed by atoms with Crippen LogP contribution in [0.15, 0.2) is 36.4 Å². The monoisotopic (exact) mass is 452 g/mol. The Bertz CT molecular complexity index is 1100. The van der Waals surface area contributed by atoms with Crippen LogP contribution < -0.4 is 4.72 Å². The fraction of sp³-hybridized carbons (Fsp3) is 0.409. The van der Waals surface area contributed by atoms with Gasteiger partial charge in [-0.15, -0.1) is 0 Å². The second kappa shape index (κ2) is 8.27. The topological polar surface area (TPSA) is 66.5 Å². The maximum atomic E-state index is 14.4. The molecule has 1 heterocycles. The van der Waals surface area contributed by atoms with E-state index in [0.717, 1.165) is 24.5 Å². The van der Waals surface area contributed by atoms with Crippen molar-refractivity contribution in [1.29, 1.82) is 0 Å². The summed E-state index contributed by atoms with van der Waals surface area (Å²) in [6, 6.07) is 6.94. The Kier molecular flexibility index (Phi) is 5.83. The van der Waals surface area contributed by atoms with Gasteiger partial charge in [0, 0.05) is 25.0 Å². The number of hydrogen-bond acceptors (Lipinski definition) is 3. The molecule has 2 aromatic carbocycles. The number of amides is 1. The Morgan fingerprint density at radius 2 is 1.84 bits per heavy atom. The maximum absolute atomic E-state index is 14.4. The molecule has 0 aromatic heterocycles. The van der Waals surface area contributed by atoms with E-state index in [-0.39, 0.29) is 35.5 Å². The van der Waals surface area contributed by atoms with E-state index in [9.17, 15) is 26.4 Å². The highest BCUT2D eigenvalue weighted by Crippen LogP contribution is 2.52. The summed E-state index contributed by atoms with van der Waals surface area (Å²) >= 11 is 0. The van der Waals surface area contributed by atoms with E-state index in [1.165, 1.54) is 18.2 Å². The summed E-state index contributed by atoms with van der Waals surface area (Å²) in [6.45, 7) is 0.787. The zero-order valence-corrected chi connectivity index (χ0v) is 17.8. The van der Waals surface area contributed by atoms with Gasteiger partial charge < -0.3 is 4.90 Å². The Hall–Kier alpha value is -2.39. The normalized spacial score (nSPS) is 23.6. The standard InChI is InChI=1S/C22H23F3N2O3S/c1-31(29,30)26-14-4-3-9-27(12-14)22(28)18-11-17(18)16-10-13(23)7-8-15(16)21-19(24)5-2-6-20(21)25/h2,5-8,10,14,17-18,26H,3-4,9,11-12H2,1H3/t14-,17-,18+/m0/s1. The second-order valence-corrected chi connectivity index (χ2v) is 10.1. The van der Waals surface area contributed by atoms with Crippen molar-refractivity contribution in [2.24, 2.45) is 5.92 Å². The first-order valence-corrected chi connectivity index (χ1v) is 12.0. The number of piperidine rings is 1. The molecule has 0 bridgehead atoms. The summed E-state index contributed by atoms with van der Waals surface area (Å²) in [5, 5.41) is 0. The highest BCUT2D eigenvalue weighted by molar-refractivity contribution is 7.88. The quantitative estimate of drug-likeness (QED) is 0.756. The number of nitrogens with one attached hydrogen (secondary N) is 1. The summed E-state index contributed by atoms with van der Waals surface area (Å²) in [7, 11) is -3.38. The highest BCUT2D eigenvalue weighted by Gasteiger charge is 2.47. The molecule has 4 rings (SSSR count). The number of carbonyl (C=O) groups excluding carboxylic acids is 1. The van der Waals surface area contributed by atoms with Crippen molar-refractivity contribution < 1.29 is 26.4 Å². The van der Waals surface area contributed by atoms with E-state index >= 15 is 0 Å². The molecule has 0 radical (unpaired) electrons. The summed E-state index contributed by atoms with van der Waals surface area (Å²) in [5.74, 6) is -2.95. The van der Waals surface area contributed by atoms with E-state index in [4.69, 9.17) is 0 Å². The number of halogens is 3. The van der Waals surface area contributed by atoms with Gasteiger partial charge in [0.1, 0.15) is 17.5 Å². The van der Waals surface area contributed by atoms with E-state index < -0.39 is 33.4 Å². The number of rotatable bonds is 5. The first-order chi connectivity index (χ1) is 14.6. The third kappa shape index (κ3) is 4.77. The SMILES string of the molecule is CS(=O)(=O)N[C@H]1CCCN(C(=O)[C@@H]2C[C@H]2c2cc(F)ccc2-c2c(F)cccc2F)C1. The lowest BCUT2D eigenvalue weighted by molar-refractivity contribution is -0.133. The lowest BCUT2D eigenvalue weighted by atomic mass is 9.94. The van der Waals surface area contributed by atoms with Gasteiger partial charge in [-0.3, -0.25) is 4.79 Å². The van der Waals surface area contributed by atoms with Gasteiger partial charge >= 0.3 is 0 Å². The number of hydrogen-bond donors (Lipinski definition) is 1. The fourth-order valence-corrected chi connectivity index (χ4v) is 5.24. The molecule has 166 valence electrons. The second-order valence-electron chi connectivity index (χ2n) is 8.29. The van der Waals surface area contributed by atoms with Crippen molar-refractivity contribution in [3.8, 4) is 11.1 Å². The van der Waals surface area contributed by atoms with E-state index in [0.29, 0.717) is 31.4 Å². The average molecular weight is 452 g/mol. The van der Waals surface area contributed by atoms with Crippen molar-refractivity contribution in [2.45, 2.75) is 31.2 Å². The zero-order valence-electron chi connectivity index (χ0n) is 16.9. The van der Waals surface area contributed by atoms with Gasteiger partial charge in [-0.25, -0.2) is 26.3 Å². The van der Waals surface area contributed by atoms with Gasteiger partial charge in [-0.2, -0.15) is 0 Å². The molecule has 2 aromatic rings. The first kappa shape index (κ1) is 21.8. The first-order valence-electron chi connectivity index (χ1n) is 10.1. The molecular weight excluding hydrogens is 429 g/mol. The predicted octanol–water partition coefficient (Wildman–Crippen LogP) is 3.41. The van der Waals surface area contributed by atoms with Crippen molar-refractivity contribution in [1.82, 2.24) is 9.62 Å². The molecule has 1 saturated carbocycles. The fourth-order valence-electron chi connectivity index (χ4n) is 4.45. The molecule has 1 amide bonds. The van der Waals surface area contributed by atoms with Crippen molar-refractivity contribution in [2.75, 3.05) is 19.3 Å². The van der Waals surface area contributed by atoms with Gasteiger partial charge in [0.05, 0.1) is 11.8 Å². The molecule has 1 saturated heterocycles. The molecule has 0 spiro atoms. The highest BCUT2D eigenvalue weighted by atomic mass is 32.2. The van der Waals surface area contributed by atoms with Crippen molar-refractivity contribution in [3.05, 3.63) is 59.4 Å². The van der Waals surface area contributed by atoms with Crippen LogP contribution in [0.4, 0.5) is 13.2 Å². The molecule has 2 fully saturated rings. The number of nitrogens with zero attached hydrogens (tertiary/aromatic N) is 1. The molecule has 1 N–H and O–H groups in total. The van der Waals surface area contributed by atoms with Crippen LogP contribution in [0.3, 0.4) is 0 Å². The van der Waals surface area contributed by atoms with Gasteiger partial charge in [-0.05, 0) is 60.6 Å². The van der Waals surface area contributed by atoms with Crippen LogP contribution >= 0.6 is 0 Å². The van der Waals surface area contributed by atoms with Crippen LogP contribution in [-0.4, -0.2) is 44.6 Å². The molecule has 0 unspecified atom stereocenters. The predicted molar refractivity (Wildman–Crippen MR) is 110 cm³/mol. The maximum Gasteiger partial charge on any atom is 0.226 e. The Morgan fingerprint density at radius 3 is 2.52 bits per heavy atom. The molecular formula is C22H23F3N2O3S. The van der Waals surface area contributed by atoms with Gasteiger partial charge in [0.2, 0.25) is 15.9 Å². The third-order valence-corrected chi connectivity index (χ3v) is 6.63. The molecule has 2 aliphatic rings. The van der Waals surface area contributed by atoms with Crippen LogP contribution in [0, 0.1) is 23.4 Å². The van der Waals surface area contributed by atoms with Gasteiger partial charge in [0.25, 0.3) is 0 Å². The smallest absolute Gasteiger partial charge is 0.226 e.